The van der Waals surface area contributed by atoms with Crippen molar-refractivity contribution in [3.05, 3.63) is 23.8 Å². The van der Waals surface area contributed by atoms with Gasteiger partial charge in [-0.3, -0.25) is 9.59 Å². The Kier molecular flexibility index (Phi) is 4.76. The molecule has 0 radical (unpaired) electrons. The number of carboxylic acids is 1. The van der Waals surface area contributed by atoms with E-state index >= 15 is 0 Å². The van der Waals surface area contributed by atoms with Crippen LogP contribution in [0.1, 0.15) is 25.7 Å². The highest BCUT2D eigenvalue weighted by Crippen LogP contribution is 2.19. The van der Waals surface area contributed by atoms with Crippen molar-refractivity contribution in [3.8, 4) is 0 Å². The van der Waals surface area contributed by atoms with Gasteiger partial charge >= 0.3 is 11.9 Å². The second kappa shape index (κ2) is 6.10. The zero-order chi connectivity index (χ0) is 12.0. The van der Waals surface area contributed by atoms with Crippen LogP contribution < -0.4 is 0 Å². The SMILES string of the molecule is COC(=O)C(C/C=C/C1=CCCC1)C(=O)O. The summed E-state index contributed by atoms with van der Waals surface area (Å²) >= 11 is 0. The van der Waals surface area contributed by atoms with Gasteiger partial charge in [-0.05, 0) is 25.7 Å². The Bertz CT molecular complexity index is 328. The van der Waals surface area contributed by atoms with Gasteiger partial charge in [0.15, 0.2) is 5.92 Å². The van der Waals surface area contributed by atoms with Crippen LogP contribution in [0.2, 0.25) is 0 Å². The summed E-state index contributed by atoms with van der Waals surface area (Å²) in [5.74, 6) is -2.93. The zero-order valence-electron chi connectivity index (χ0n) is 9.31. The molecule has 4 nitrogen and oxygen atoms in total. The molecule has 4 heteroatoms. The fourth-order valence-corrected chi connectivity index (χ4v) is 1.64. The number of hydrogen-bond acceptors (Lipinski definition) is 3. The standard InChI is InChI=1S/C12H16O4/c1-16-12(15)10(11(13)14)8-4-7-9-5-2-3-6-9/h4-5,7,10H,2-3,6,8H2,1H3,(H,13,14)/b7-4+. The van der Waals surface area contributed by atoms with Crippen molar-refractivity contribution in [2.45, 2.75) is 25.7 Å². The molecular formula is C12H16O4. The van der Waals surface area contributed by atoms with E-state index in [4.69, 9.17) is 5.11 Å². The van der Waals surface area contributed by atoms with Crippen molar-refractivity contribution in [1.82, 2.24) is 0 Å². The normalized spacial score (nSPS) is 17.2. The smallest absolute Gasteiger partial charge is 0.320 e. The Hall–Kier alpha value is -1.58. The number of ether oxygens (including phenoxy) is 1. The van der Waals surface area contributed by atoms with Crippen LogP contribution in [0.4, 0.5) is 0 Å². The maximum Gasteiger partial charge on any atom is 0.320 e. The van der Waals surface area contributed by atoms with Gasteiger partial charge in [0, 0.05) is 0 Å². The van der Waals surface area contributed by atoms with E-state index in [1.54, 1.807) is 6.08 Å². The van der Waals surface area contributed by atoms with Gasteiger partial charge in [-0.1, -0.05) is 23.8 Å². The van der Waals surface area contributed by atoms with E-state index in [9.17, 15) is 9.59 Å². The van der Waals surface area contributed by atoms with E-state index in [1.807, 2.05) is 6.08 Å². The second-order valence-electron chi connectivity index (χ2n) is 3.72. The second-order valence-corrected chi connectivity index (χ2v) is 3.72. The molecule has 1 N–H and O–H groups in total. The van der Waals surface area contributed by atoms with Crippen molar-refractivity contribution < 1.29 is 19.4 Å². The van der Waals surface area contributed by atoms with Gasteiger partial charge in [-0.15, -0.1) is 0 Å². The third kappa shape index (κ3) is 3.53. The summed E-state index contributed by atoms with van der Waals surface area (Å²) in [5, 5.41) is 8.82. The van der Waals surface area contributed by atoms with E-state index < -0.39 is 17.9 Å². The Labute approximate surface area is 94.6 Å². The molecule has 0 aromatic heterocycles. The highest BCUT2D eigenvalue weighted by molar-refractivity contribution is 5.94. The predicted molar refractivity (Wildman–Crippen MR) is 58.8 cm³/mol. The quantitative estimate of drug-likeness (QED) is 0.572. The minimum Gasteiger partial charge on any atom is -0.481 e. The molecule has 1 aliphatic carbocycles. The van der Waals surface area contributed by atoms with Gasteiger partial charge in [0.25, 0.3) is 0 Å². The predicted octanol–water partition coefficient (Wildman–Crippen LogP) is 1.92. The fraction of sp³-hybridized carbons (Fsp3) is 0.500. The van der Waals surface area contributed by atoms with Crippen LogP contribution in [-0.2, 0) is 14.3 Å². The lowest BCUT2D eigenvalue weighted by molar-refractivity contribution is -0.156. The molecule has 88 valence electrons. The van der Waals surface area contributed by atoms with E-state index in [0.717, 1.165) is 19.3 Å². The van der Waals surface area contributed by atoms with E-state index in [1.165, 1.54) is 12.7 Å². The lowest BCUT2D eigenvalue weighted by atomic mass is 10.1. The summed E-state index contributed by atoms with van der Waals surface area (Å²) in [7, 11) is 1.20. The number of esters is 1. The minimum atomic E-state index is -1.14. The topological polar surface area (TPSA) is 63.6 Å². The summed E-state index contributed by atoms with van der Waals surface area (Å²) in [6.07, 6.45) is 9.20. The first-order valence-corrected chi connectivity index (χ1v) is 5.31. The molecule has 1 rings (SSSR count). The maximum absolute atomic E-state index is 11.1. The van der Waals surface area contributed by atoms with E-state index in [2.05, 4.69) is 10.8 Å². The highest BCUT2D eigenvalue weighted by atomic mass is 16.5. The monoisotopic (exact) mass is 224 g/mol. The lowest BCUT2D eigenvalue weighted by Crippen LogP contribution is -2.24. The van der Waals surface area contributed by atoms with Crippen molar-refractivity contribution in [2.75, 3.05) is 7.11 Å². The number of hydrogen-bond donors (Lipinski definition) is 1. The molecule has 0 spiro atoms. The van der Waals surface area contributed by atoms with Gasteiger partial charge in [0.2, 0.25) is 0 Å². The Balaban J connectivity index is 2.49. The number of aliphatic carboxylic acids is 1. The molecule has 0 fully saturated rings. The summed E-state index contributed by atoms with van der Waals surface area (Å²) < 4.78 is 4.43. The Morgan fingerprint density at radius 2 is 2.38 bits per heavy atom. The molecular weight excluding hydrogens is 208 g/mol. The summed E-state index contributed by atoms with van der Waals surface area (Å²) in [5.41, 5.74) is 1.22. The third-order valence-electron chi connectivity index (χ3n) is 2.56. The first kappa shape index (κ1) is 12.5. The average Bonchev–Trinajstić information content (AvgIpc) is 2.75. The molecule has 0 bridgehead atoms. The van der Waals surface area contributed by atoms with Gasteiger partial charge < -0.3 is 9.84 Å². The highest BCUT2D eigenvalue weighted by Gasteiger charge is 2.25. The molecule has 0 saturated heterocycles. The van der Waals surface area contributed by atoms with E-state index in [0.29, 0.717) is 0 Å². The van der Waals surface area contributed by atoms with Gasteiger partial charge in [0.05, 0.1) is 7.11 Å². The van der Waals surface area contributed by atoms with Crippen molar-refractivity contribution in [1.29, 1.82) is 0 Å². The summed E-state index contributed by atoms with van der Waals surface area (Å²) in [6, 6.07) is 0. The van der Waals surface area contributed by atoms with Crippen LogP contribution in [0.15, 0.2) is 23.8 Å². The number of methoxy groups -OCH3 is 1. The number of carbonyl (C=O) groups excluding carboxylic acids is 1. The summed E-state index contributed by atoms with van der Waals surface area (Å²) in [6.45, 7) is 0. The minimum absolute atomic E-state index is 0.180. The molecule has 1 unspecified atom stereocenters. The lowest BCUT2D eigenvalue weighted by Gasteiger charge is -2.06. The molecule has 0 heterocycles. The number of carbonyl (C=O) groups is 2. The van der Waals surface area contributed by atoms with Crippen molar-refractivity contribution >= 4 is 11.9 Å². The maximum atomic E-state index is 11.1. The third-order valence-corrected chi connectivity index (χ3v) is 2.56. The number of carboxylic acid groups (broad SMARTS) is 1. The molecule has 0 aromatic rings. The van der Waals surface area contributed by atoms with Crippen LogP contribution >= 0.6 is 0 Å². The van der Waals surface area contributed by atoms with Gasteiger partial charge in [-0.25, -0.2) is 0 Å². The summed E-state index contributed by atoms with van der Waals surface area (Å²) in [4.78, 5) is 21.9. The molecule has 1 aliphatic rings. The number of rotatable bonds is 5. The number of allylic oxidation sites excluding steroid dienone is 4. The van der Waals surface area contributed by atoms with Crippen LogP contribution in [0.5, 0.6) is 0 Å². The van der Waals surface area contributed by atoms with Crippen molar-refractivity contribution in [2.24, 2.45) is 5.92 Å². The molecule has 0 amide bonds. The zero-order valence-corrected chi connectivity index (χ0v) is 9.31. The molecule has 0 saturated carbocycles. The van der Waals surface area contributed by atoms with Crippen LogP contribution in [-0.4, -0.2) is 24.2 Å². The first-order valence-electron chi connectivity index (χ1n) is 5.31. The molecule has 1 atom stereocenters. The van der Waals surface area contributed by atoms with Crippen LogP contribution in [0, 0.1) is 5.92 Å². The fourth-order valence-electron chi connectivity index (χ4n) is 1.64. The Morgan fingerprint density at radius 1 is 1.62 bits per heavy atom. The van der Waals surface area contributed by atoms with E-state index in [-0.39, 0.29) is 6.42 Å². The van der Waals surface area contributed by atoms with Gasteiger partial charge in [0.1, 0.15) is 0 Å². The van der Waals surface area contributed by atoms with Crippen molar-refractivity contribution in [3.63, 3.8) is 0 Å². The van der Waals surface area contributed by atoms with Crippen LogP contribution in [0.3, 0.4) is 0 Å². The van der Waals surface area contributed by atoms with Gasteiger partial charge in [-0.2, -0.15) is 0 Å². The molecule has 16 heavy (non-hydrogen) atoms. The average molecular weight is 224 g/mol. The largest absolute Gasteiger partial charge is 0.481 e. The first-order chi connectivity index (χ1) is 7.65. The Morgan fingerprint density at radius 3 is 2.88 bits per heavy atom. The molecule has 0 aromatic carbocycles. The van der Waals surface area contributed by atoms with Crippen LogP contribution in [0.25, 0.3) is 0 Å². The molecule has 0 aliphatic heterocycles.